The Morgan fingerprint density at radius 1 is 1.04 bits per heavy atom. The molecule has 4 rings (SSSR count). The Morgan fingerprint density at radius 2 is 1.85 bits per heavy atom. The Balaban J connectivity index is 1.58. The summed E-state index contributed by atoms with van der Waals surface area (Å²) < 4.78 is 12.5. The van der Waals surface area contributed by atoms with Crippen molar-refractivity contribution in [2.75, 3.05) is 6.61 Å². The summed E-state index contributed by atoms with van der Waals surface area (Å²) in [6.45, 7) is 10.1. The lowest BCUT2D eigenvalue weighted by Crippen LogP contribution is -2.54. The highest BCUT2D eigenvalue weighted by molar-refractivity contribution is 5.10. The molecule has 0 aliphatic heterocycles. The molecule has 0 aromatic carbocycles. The minimum absolute atomic E-state index is 0.292. The van der Waals surface area contributed by atoms with E-state index in [0.29, 0.717) is 29.3 Å². The molecule has 4 fully saturated rings. The molecule has 0 radical (unpaired) electrons. The van der Waals surface area contributed by atoms with E-state index in [2.05, 4.69) is 32.6 Å². The van der Waals surface area contributed by atoms with Crippen molar-refractivity contribution >= 4 is 0 Å². The number of fused-ring (bicyclic) bond motifs is 5. The lowest BCUT2D eigenvalue weighted by molar-refractivity contribution is -0.161. The summed E-state index contributed by atoms with van der Waals surface area (Å²) >= 11 is 0. The average molecular weight is 365 g/mol. The smallest absolute Gasteiger partial charge is 0.0904 e. The van der Waals surface area contributed by atoms with Gasteiger partial charge in [-0.1, -0.05) is 34.1 Å². The van der Waals surface area contributed by atoms with Gasteiger partial charge in [-0.15, -0.1) is 0 Å². The highest BCUT2D eigenvalue weighted by Crippen LogP contribution is 2.69. The summed E-state index contributed by atoms with van der Waals surface area (Å²) in [7, 11) is 0. The summed E-state index contributed by atoms with van der Waals surface area (Å²) in [6.07, 6.45) is 14.3. The maximum absolute atomic E-state index is 12.5. The van der Waals surface area contributed by atoms with Gasteiger partial charge >= 0.3 is 0 Å². The largest absolute Gasteiger partial charge is 0.194 e. The van der Waals surface area contributed by atoms with Crippen LogP contribution in [0.3, 0.4) is 0 Å². The molecule has 26 heavy (non-hydrogen) atoms. The Kier molecular flexibility index (Phi) is 5.21. The topological polar surface area (TPSA) is 9.23 Å². The van der Waals surface area contributed by atoms with Crippen molar-refractivity contribution in [1.82, 2.24) is 0 Å². The fraction of sp³-hybridized carbons (Fsp3) is 1.00. The maximum atomic E-state index is 12.5. The van der Waals surface area contributed by atoms with Gasteiger partial charge in [0.15, 0.2) is 0 Å². The molecule has 0 bridgehead atoms. The molecule has 9 atom stereocenters. The molecule has 4 saturated carbocycles. The first-order chi connectivity index (χ1) is 12.5. The van der Waals surface area contributed by atoms with Crippen molar-refractivity contribution in [1.29, 1.82) is 0 Å². The first-order valence-corrected chi connectivity index (χ1v) is 11.7. The van der Waals surface area contributed by atoms with E-state index in [-0.39, 0.29) is 0 Å². The van der Waals surface area contributed by atoms with Crippen molar-refractivity contribution in [3.63, 3.8) is 0 Å². The molecule has 9 unspecified atom stereocenters. The van der Waals surface area contributed by atoms with Crippen LogP contribution in [0.15, 0.2) is 0 Å². The number of halogens is 1. The van der Waals surface area contributed by atoms with Gasteiger partial charge in [-0.05, 0) is 115 Å². The minimum Gasteiger partial charge on any atom is -0.194 e. The lowest BCUT2D eigenvalue weighted by Gasteiger charge is -2.62. The van der Waals surface area contributed by atoms with Gasteiger partial charge < -0.3 is 0 Å². The van der Waals surface area contributed by atoms with Crippen LogP contribution in [0.25, 0.3) is 0 Å². The van der Waals surface area contributed by atoms with Crippen LogP contribution in [0.4, 0.5) is 4.53 Å². The highest BCUT2D eigenvalue weighted by Gasteiger charge is 2.61. The molecule has 1 nitrogen and oxygen atoms in total. The second-order valence-electron chi connectivity index (χ2n) is 11.1. The second-order valence-corrected chi connectivity index (χ2v) is 11.1. The SMILES string of the molecule is CCC12CCC(C)CC1CCC1C3CCC(C(C)COF)C3(C)CCC12. The molecule has 0 aromatic rings. The first kappa shape index (κ1) is 19.2. The normalized spacial score (nSPS) is 52.0. The summed E-state index contributed by atoms with van der Waals surface area (Å²) in [4.78, 5) is 4.06. The summed E-state index contributed by atoms with van der Waals surface area (Å²) in [5, 5.41) is 0. The van der Waals surface area contributed by atoms with Crippen LogP contribution < -0.4 is 0 Å². The van der Waals surface area contributed by atoms with Gasteiger partial charge in [-0.3, -0.25) is 0 Å². The van der Waals surface area contributed by atoms with E-state index < -0.39 is 0 Å². The van der Waals surface area contributed by atoms with Gasteiger partial charge in [0.25, 0.3) is 0 Å². The monoisotopic (exact) mass is 364 g/mol. The molecule has 0 aromatic heterocycles. The molecule has 0 spiro atoms. The Morgan fingerprint density at radius 3 is 2.58 bits per heavy atom. The van der Waals surface area contributed by atoms with Gasteiger partial charge in [0.2, 0.25) is 0 Å². The summed E-state index contributed by atoms with van der Waals surface area (Å²) in [5.74, 6) is 5.77. The maximum Gasteiger partial charge on any atom is 0.0904 e. The average Bonchev–Trinajstić information content (AvgIpc) is 2.99. The molecular formula is C24H41FO. The van der Waals surface area contributed by atoms with E-state index in [1.54, 1.807) is 0 Å². The fourth-order valence-corrected chi connectivity index (χ4v) is 9.17. The summed E-state index contributed by atoms with van der Waals surface area (Å²) in [5.41, 5.74) is 1.09. The molecule has 2 heteroatoms. The van der Waals surface area contributed by atoms with Crippen LogP contribution in [-0.4, -0.2) is 6.61 Å². The Bertz CT molecular complexity index is 506. The predicted octanol–water partition coefficient (Wildman–Crippen LogP) is 7.21. The fourth-order valence-electron chi connectivity index (χ4n) is 9.17. The zero-order valence-electron chi connectivity index (χ0n) is 17.6. The van der Waals surface area contributed by atoms with Crippen LogP contribution in [0.5, 0.6) is 0 Å². The van der Waals surface area contributed by atoms with E-state index in [9.17, 15) is 4.53 Å². The molecule has 4 aliphatic rings. The molecule has 150 valence electrons. The van der Waals surface area contributed by atoms with Gasteiger partial charge in [-0.2, -0.15) is 4.94 Å². The van der Waals surface area contributed by atoms with Crippen LogP contribution in [0.2, 0.25) is 0 Å². The van der Waals surface area contributed by atoms with Crippen molar-refractivity contribution < 1.29 is 9.47 Å². The summed E-state index contributed by atoms with van der Waals surface area (Å²) in [6, 6.07) is 0. The van der Waals surface area contributed by atoms with Gasteiger partial charge in [0.1, 0.15) is 0 Å². The molecule has 4 aliphatic carbocycles. The van der Waals surface area contributed by atoms with Gasteiger partial charge in [-0.25, -0.2) is 0 Å². The second kappa shape index (κ2) is 7.05. The zero-order valence-corrected chi connectivity index (χ0v) is 17.6. The van der Waals surface area contributed by atoms with Crippen molar-refractivity contribution in [2.45, 2.75) is 91.9 Å². The Hall–Kier alpha value is -0.110. The quantitative estimate of drug-likeness (QED) is 0.512. The van der Waals surface area contributed by atoms with Crippen molar-refractivity contribution in [3.05, 3.63) is 0 Å². The standard InChI is InChI=1S/C24H41FO/c1-5-24-13-10-16(2)14-18(24)6-7-19-21-9-8-20(17(3)15-26-25)23(21,4)12-11-22(19)24/h16-22H,5-15H2,1-4H3. The van der Waals surface area contributed by atoms with E-state index in [4.69, 9.17) is 0 Å². The van der Waals surface area contributed by atoms with E-state index >= 15 is 0 Å². The van der Waals surface area contributed by atoms with Crippen molar-refractivity contribution in [2.24, 2.45) is 52.3 Å². The van der Waals surface area contributed by atoms with Gasteiger partial charge in [0.05, 0.1) is 6.61 Å². The van der Waals surface area contributed by atoms with Crippen LogP contribution in [-0.2, 0) is 4.94 Å². The Labute approximate surface area is 160 Å². The number of hydrogen-bond acceptors (Lipinski definition) is 1. The third kappa shape index (κ3) is 2.72. The third-order valence-corrected chi connectivity index (χ3v) is 10.4. The van der Waals surface area contributed by atoms with E-state index in [1.807, 2.05) is 0 Å². The molecule has 0 saturated heterocycles. The highest BCUT2D eigenvalue weighted by atomic mass is 19.3. The van der Waals surface area contributed by atoms with Crippen LogP contribution >= 0.6 is 0 Å². The van der Waals surface area contributed by atoms with Crippen LogP contribution in [0.1, 0.15) is 91.9 Å². The van der Waals surface area contributed by atoms with E-state index in [0.717, 1.165) is 29.6 Å². The van der Waals surface area contributed by atoms with Crippen molar-refractivity contribution in [3.8, 4) is 0 Å². The van der Waals surface area contributed by atoms with Gasteiger partial charge in [0, 0.05) is 0 Å². The minimum atomic E-state index is 0.292. The number of hydrogen-bond donors (Lipinski definition) is 0. The molecule has 0 N–H and O–H groups in total. The number of rotatable bonds is 4. The van der Waals surface area contributed by atoms with E-state index in [1.165, 1.54) is 64.2 Å². The zero-order chi connectivity index (χ0) is 18.5. The lowest BCUT2D eigenvalue weighted by atomic mass is 9.43. The third-order valence-electron chi connectivity index (χ3n) is 10.4. The molecular weight excluding hydrogens is 323 g/mol. The predicted molar refractivity (Wildman–Crippen MR) is 105 cm³/mol. The first-order valence-electron chi connectivity index (χ1n) is 11.7. The molecule has 0 amide bonds. The molecule has 0 heterocycles. The van der Waals surface area contributed by atoms with Crippen LogP contribution in [0, 0.1) is 52.3 Å².